The molecule has 0 aliphatic carbocycles. The number of furan rings is 1. The lowest BCUT2D eigenvalue weighted by Crippen LogP contribution is -2.02. The molecular weight excluding hydrogens is 172 g/mol. The van der Waals surface area contributed by atoms with Gasteiger partial charge in [0.05, 0.1) is 0 Å². The molecule has 1 heterocycles. The number of benzene rings is 1. The van der Waals surface area contributed by atoms with Crippen LogP contribution in [0.5, 0.6) is 0 Å². The second-order valence-electron chi connectivity index (χ2n) is 2.38. The number of rotatable bonds is 1. The summed E-state index contributed by atoms with van der Waals surface area (Å²) < 4.78 is 6.41. The molecule has 1 nitrogen and oxygen atoms in total. The Morgan fingerprint density at radius 1 is 1.27 bits per heavy atom. The fraction of sp³-hybridized carbons (Fsp3) is 0. The van der Waals surface area contributed by atoms with E-state index in [0.29, 0.717) is 0 Å². The Labute approximate surface area is 77.8 Å². The van der Waals surface area contributed by atoms with Crippen LogP contribution in [0.1, 0.15) is 0 Å². The maximum Gasteiger partial charge on any atom is 0.592 e. The summed E-state index contributed by atoms with van der Waals surface area (Å²) in [6.45, 7) is 0. The predicted octanol–water partition coefficient (Wildman–Crippen LogP) is 1.92. The molecule has 52 valence electrons. The molecule has 0 atom stereocenters. The van der Waals surface area contributed by atoms with Crippen LogP contribution in [0, 0.1) is 0 Å². The zero-order valence-corrected chi connectivity index (χ0v) is 8.05. The Kier molecular flexibility index (Phi) is 2.07. The van der Waals surface area contributed by atoms with E-state index in [-0.39, 0.29) is 0 Å². The van der Waals surface area contributed by atoms with Crippen LogP contribution >= 0.6 is 9.07 Å². The van der Waals surface area contributed by atoms with Gasteiger partial charge in [0.2, 0.25) is 0 Å². The molecule has 0 aliphatic heterocycles. The molecule has 0 saturated carbocycles. The molecule has 1 aromatic carbocycles. The van der Waals surface area contributed by atoms with Gasteiger partial charge in [-0.15, -0.1) is 0 Å². The van der Waals surface area contributed by atoms with Crippen LogP contribution in [-0.4, -0.2) is 19.3 Å². The highest BCUT2D eigenvalue weighted by atomic mass is 35.5. The van der Waals surface area contributed by atoms with Gasteiger partial charge in [0.1, 0.15) is 5.58 Å². The van der Waals surface area contributed by atoms with E-state index in [2.05, 4.69) is 0 Å². The molecule has 0 N–H and O–H groups in total. The Bertz CT molecular complexity index is 336. The average Bonchev–Trinajstić information content (AvgIpc) is 2.46. The second-order valence-corrected chi connectivity index (χ2v) is 4.15. The zero-order chi connectivity index (χ0) is 7.68. The molecule has 0 saturated heterocycles. The fourth-order valence-electron chi connectivity index (χ4n) is 1.10. The SMILES string of the molecule is [Cl][Mg][c]1cc2ccccc2o1. The third-order valence-corrected chi connectivity index (χ3v) is 3.01. The lowest BCUT2D eigenvalue weighted by molar-refractivity contribution is 0.653. The molecule has 0 fully saturated rings. The van der Waals surface area contributed by atoms with Gasteiger partial charge in [-0.3, -0.25) is 0 Å². The van der Waals surface area contributed by atoms with Crippen molar-refractivity contribution < 1.29 is 4.42 Å². The van der Waals surface area contributed by atoms with Gasteiger partial charge >= 0.3 is 19.3 Å². The van der Waals surface area contributed by atoms with Crippen LogP contribution in [0.2, 0.25) is 0 Å². The summed E-state index contributed by atoms with van der Waals surface area (Å²) in [6.07, 6.45) is 0. The largest absolute Gasteiger partial charge is 0.592 e. The highest BCUT2D eigenvalue weighted by Gasteiger charge is 2.03. The standard InChI is InChI=1S/C8H5O.ClH.Mg/c1-2-4-8-7(3-1)5-6-9-8;;/h1-5H;1H;/q;;+1/p-1. The van der Waals surface area contributed by atoms with Crippen LogP contribution in [0.4, 0.5) is 0 Å². The Balaban J connectivity index is 2.69. The first-order valence-corrected chi connectivity index (χ1v) is 6.28. The normalized spacial score (nSPS) is 9.91. The van der Waals surface area contributed by atoms with Crippen LogP contribution in [-0.2, 0) is 0 Å². The van der Waals surface area contributed by atoms with E-state index in [1.54, 1.807) is 0 Å². The van der Waals surface area contributed by atoms with Gasteiger partial charge in [-0.25, -0.2) is 0 Å². The quantitative estimate of drug-likeness (QED) is 0.606. The fourth-order valence-corrected chi connectivity index (χ4v) is 2.00. The van der Waals surface area contributed by atoms with E-state index < -0.39 is 19.3 Å². The summed E-state index contributed by atoms with van der Waals surface area (Å²) in [5, 5.41) is 1.15. The molecule has 0 spiro atoms. The summed E-state index contributed by atoms with van der Waals surface area (Å²) in [7, 11) is 5.74. The van der Waals surface area contributed by atoms with E-state index in [9.17, 15) is 0 Å². The van der Waals surface area contributed by atoms with Crippen molar-refractivity contribution in [3.8, 4) is 0 Å². The molecule has 3 heteroatoms. The molecule has 0 unspecified atom stereocenters. The van der Waals surface area contributed by atoms with Gasteiger partial charge in [-0.05, 0) is 16.0 Å². The van der Waals surface area contributed by atoms with Gasteiger partial charge in [0.25, 0.3) is 0 Å². The van der Waals surface area contributed by atoms with Crippen LogP contribution < -0.4 is 3.89 Å². The van der Waals surface area contributed by atoms with Crippen molar-refractivity contribution >= 4 is 43.2 Å². The van der Waals surface area contributed by atoms with Crippen LogP contribution in [0.15, 0.2) is 34.7 Å². The topological polar surface area (TPSA) is 13.1 Å². The predicted molar refractivity (Wildman–Crippen MR) is 47.5 cm³/mol. The lowest BCUT2D eigenvalue weighted by Gasteiger charge is -1.83. The highest BCUT2D eigenvalue weighted by molar-refractivity contribution is 7.00. The van der Waals surface area contributed by atoms with Crippen molar-refractivity contribution in [1.29, 1.82) is 0 Å². The number of hydrogen-bond acceptors (Lipinski definition) is 1. The van der Waals surface area contributed by atoms with Gasteiger partial charge in [0.15, 0.2) is 0 Å². The third kappa shape index (κ3) is 1.38. The molecular formula is C8H5ClMgO. The number of para-hydroxylation sites is 1. The van der Waals surface area contributed by atoms with Crippen molar-refractivity contribution in [3.05, 3.63) is 30.3 Å². The number of fused-ring (bicyclic) bond motifs is 1. The van der Waals surface area contributed by atoms with Crippen molar-refractivity contribution in [2.75, 3.05) is 0 Å². The van der Waals surface area contributed by atoms with E-state index >= 15 is 0 Å². The summed E-state index contributed by atoms with van der Waals surface area (Å²) in [5.41, 5.74) is 0.940. The van der Waals surface area contributed by atoms with Crippen molar-refractivity contribution in [3.63, 3.8) is 0 Å². The summed E-state index contributed by atoms with van der Waals surface area (Å²) in [5.74, 6) is 0. The van der Waals surface area contributed by atoms with Crippen LogP contribution in [0.25, 0.3) is 11.0 Å². The van der Waals surface area contributed by atoms with E-state index in [1.807, 2.05) is 30.3 Å². The smallest absolute Gasteiger partial charge is 0.491 e. The van der Waals surface area contributed by atoms with E-state index in [4.69, 9.17) is 13.5 Å². The van der Waals surface area contributed by atoms with Crippen molar-refractivity contribution in [2.24, 2.45) is 0 Å². The maximum atomic E-state index is 5.74. The first-order chi connectivity index (χ1) is 5.40. The molecule has 0 radical (unpaired) electrons. The molecule has 0 bridgehead atoms. The Morgan fingerprint density at radius 3 is 2.82 bits per heavy atom. The molecule has 0 amide bonds. The highest BCUT2D eigenvalue weighted by Crippen LogP contribution is 2.11. The lowest BCUT2D eigenvalue weighted by atomic mass is 10.3. The minimum absolute atomic E-state index is 0.662. The second kappa shape index (κ2) is 3.05. The third-order valence-electron chi connectivity index (χ3n) is 1.61. The van der Waals surface area contributed by atoms with Crippen LogP contribution in [0.3, 0.4) is 0 Å². The van der Waals surface area contributed by atoms with Gasteiger partial charge in [0, 0.05) is 5.39 Å². The van der Waals surface area contributed by atoms with Gasteiger partial charge in [-0.2, -0.15) is 0 Å². The number of halogens is 1. The Hall–Kier alpha value is -0.184. The molecule has 2 aromatic rings. The summed E-state index contributed by atoms with van der Waals surface area (Å²) in [4.78, 5) is 0. The van der Waals surface area contributed by atoms with E-state index in [1.165, 1.54) is 0 Å². The van der Waals surface area contributed by atoms with Gasteiger partial charge < -0.3 is 13.5 Å². The minimum atomic E-state index is -0.662. The first kappa shape index (κ1) is 7.46. The zero-order valence-electron chi connectivity index (χ0n) is 5.88. The van der Waals surface area contributed by atoms with E-state index in [0.717, 1.165) is 14.9 Å². The van der Waals surface area contributed by atoms with Crippen molar-refractivity contribution in [1.82, 2.24) is 0 Å². The molecule has 11 heavy (non-hydrogen) atoms. The molecule has 2 rings (SSSR count). The Morgan fingerprint density at radius 2 is 2.09 bits per heavy atom. The molecule has 0 aliphatic rings. The maximum absolute atomic E-state index is 5.74. The van der Waals surface area contributed by atoms with Gasteiger partial charge in [-0.1, -0.05) is 18.2 Å². The number of hydrogen-bond donors (Lipinski definition) is 0. The average molecular weight is 177 g/mol. The first-order valence-electron chi connectivity index (χ1n) is 3.43. The summed E-state index contributed by atoms with van der Waals surface area (Å²) >= 11 is -0.662. The minimum Gasteiger partial charge on any atom is -0.491 e. The van der Waals surface area contributed by atoms with Crippen molar-refractivity contribution in [2.45, 2.75) is 0 Å². The summed E-state index contributed by atoms with van der Waals surface area (Å²) in [6, 6.07) is 9.97. The monoisotopic (exact) mass is 176 g/mol. The molecule has 1 aromatic heterocycles.